The molecule has 1 saturated heterocycles. The maximum atomic E-state index is 12.3. The summed E-state index contributed by atoms with van der Waals surface area (Å²) in [7, 11) is 0. The van der Waals surface area contributed by atoms with Crippen LogP contribution in [-0.4, -0.2) is 37.1 Å². The van der Waals surface area contributed by atoms with Crippen LogP contribution in [0.4, 0.5) is 17.1 Å². The minimum Gasteiger partial charge on any atom is -0.378 e. The van der Waals surface area contributed by atoms with Crippen molar-refractivity contribution in [2.75, 3.05) is 36.5 Å². The molecule has 1 fully saturated rings. The summed E-state index contributed by atoms with van der Waals surface area (Å²) in [6.07, 6.45) is 0. The molecule has 1 heterocycles. The van der Waals surface area contributed by atoms with Crippen molar-refractivity contribution >= 4 is 23.0 Å². The van der Waals surface area contributed by atoms with Gasteiger partial charge in [-0.1, -0.05) is 6.07 Å². The van der Waals surface area contributed by atoms with Crippen LogP contribution in [0.3, 0.4) is 0 Å². The maximum Gasteiger partial charge on any atom is 0.271 e. The Morgan fingerprint density at radius 2 is 1.83 bits per heavy atom. The van der Waals surface area contributed by atoms with Crippen LogP contribution in [0, 0.1) is 10.1 Å². The Labute approximate surface area is 139 Å². The Hall–Kier alpha value is -2.93. The van der Waals surface area contributed by atoms with Gasteiger partial charge in [0.05, 0.1) is 18.1 Å². The first-order valence-corrected chi connectivity index (χ1v) is 7.62. The highest BCUT2D eigenvalue weighted by Gasteiger charge is 2.13. The van der Waals surface area contributed by atoms with Crippen molar-refractivity contribution in [1.82, 2.24) is 0 Å². The Morgan fingerprint density at radius 3 is 2.50 bits per heavy atom. The Kier molecular flexibility index (Phi) is 4.72. The van der Waals surface area contributed by atoms with Crippen LogP contribution in [0.2, 0.25) is 0 Å². The fourth-order valence-electron chi connectivity index (χ4n) is 2.55. The smallest absolute Gasteiger partial charge is 0.271 e. The maximum absolute atomic E-state index is 12.3. The second-order valence-electron chi connectivity index (χ2n) is 5.41. The van der Waals surface area contributed by atoms with E-state index in [4.69, 9.17) is 4.74 Å². The molecule has 1 aliphatic rings. The highest BCUT2D eigenvalue weighted by molar-refractivity contribution is 6.04. The first-order chi connectivity index (χ1) is 11.6. The van der Waals surface area contributed by atoms with Crippen LogP contribution in [-0.2, 0) is 4.74 Å². The van der Waals surface area contributed by atoms with Gasteiger partial charge in [-0.2, -0.15) is 0 Å². The molecule has 0 unspecified atom stereocenters. The Morgan fingerprint density at radius 1 is 1.12 bits per heavy atom. The molecule has 0 aliphatic carbocycles. The SMILES string of the molecule is O=C(Nc1cccc([N+](=O)[O-])c1)c1ccc(N2CCOCC2)cc1. The highest BCUT2D eigenvalue weighted by Crippen LogP contribution is 2.20. The summed E-state index contributed by atoms with van der Waals surface area (Å²) in [6, 6.07) is 13.2. The van der Waals surface area contributed by atoms with Crippen molar-refractivity contribution in [1.29, 1.82) is 0 Å². The minimum atomic E-state index is -0.493. The van der Waals surface area contributed by atoms with E-state index in [0.29, 0.717) is 24.5 Å². The zero-order valence-corrected chi connectivity index (χ0v) is 13.0. The molecular weight excluding hydrogens is 310 g/mol. The van der Waals surface area contributed by atoms with Gasteiger partial charge in [0.1, 0.15) is 0 Å². The lowest BCUT2D eigenvalue weighted by atomic mass is 10.1. The summed E-state index contributed by atoms with van der Waals surface area (Å²) < 4.78 is 5.32. The number of hydrogen-bond donors (Lipinski definition) is 1. The van der Waals surface area contributed by atoms with Gasteiger partial charge in [0.2, 0.25) is 0 Å². The molecule has 1 aliphatic heterocycles. The van der Waals surface area contributed by atoms with Crippen LogP contribution in [0.25, 0.3) is 0 Å². The lowest BCUT2D eigenvalue weighted by molar-refractivity contribution is -0.384. The van der Waals surface area contributed by atoms with Gasteiger partial charge in [-0.05, 0) is 30.3 Å². The molecule has 0 saturated carbocycles. The van der Waals surface area contributed by atoms with Gasteiger partial charge in [-0.3, -0.25) is 14.9 Å². The van der Waals surface area contributed by atoms with Crippen LogP contribution in [0.5, 0.6) is 0 Å². The number of non-ortho nitro benzene ring substituents is 1. The van der Waals surface area contributed by atoms with Gasteiger partial charge in [0, 0.05) is 42.2 Å². The van der Waals surface area contributed by atoms with Crippen molar-refractivity contribution in [2.45, 2.75) is 0 Å². The largest absolute Gasteiger partial charge is 0.378 e. The molecule has 0 bridgehead atoms. The molecule has 1 N–H and O–H groups in total. The minimum absolute atomic E-state index is 0.0598. The number of nitro benzene ring substituents is 1. The molecule has 124 valence electrons. The molecule has 1 amide bonds. The third-order valence-electron chi connectivity index (χ3n) is 3.82. The van der Waals surface area contributed by atoms with Crippen molar-refractivity contribution < 1.29 is 14.5 Å². The lowest BCUT2D eigenvalue weighted by Crippen LogP contribution is -2.36. The summed E-state index contributed by atoms with van der Waals surface area (Å²) in [5.41, 5.74) is 1.88. The number of rotatable bonds is 4. The summed E-state index contributed by atoms with van der Waals surface area (Å²) >= 11 is 0. The zero-order chi connectivity index (χ0) is 16.9. The zero-order valence-electron chi connectivity index (χ0n) is 13.0. The Balaban J connectivity index is 1.68. The molecular formula is C17H17N3O4. The fourth-order valence-corrected chi connectivity index (χ4v) is 2.55. The second kappa shape index (κ2) is 7.10. The van der Waals surface area contributed by atoms with Gasteiger partial charge < -0.3 is 15.0 Å². The topological polar surface area (TPSA) is 84.7 Å². The number of ether oxygens (including phenoxy) is 1. The first kappa shape index (κ1) is 15.9. The van der Waals surface area contributed by atoms with Crippen LogP contribution >= 0.6 is 0 Å². The molecule has 2 aromatic carbocycles. The summed E-state index contributed by atoms with van der Waals surface area (Å²) in [5, 5.41) is 13.5. The predicted octanol–water partition coefficient (Wildman–Crippen LogP) is 2.68. The quantitative estimate of drug-likeness (QED) is 0.689. The van der Waals surface area contributed by atoms with Crippen LogP contribution < -0.4 is 10.2 Å². The molecule has 0 atom stereocenters. The number of nitrogens with zero attached hydrogens (tertiary/aromatic N) is 2. The average molecular weight is 327 g/mol. The van der Waals surface area contributed by atoms with E-state index in [1.807, 2.05) is 12.1 Å². The van der Waals surface area contributed by atoms with Gasteiger partial charge in [-0.15, -0.1) is 0 Å². The van der Waals surface area contributed by atoms with Crippen molar-refractivity contribution in [3.8, 4) is 0 Å². The van der Waals surface area contributed by atoms with Gasteiger partial charge in [0.25, 0.3) is 11.6 Å². The number of morpholine rings is 1. The number of nitro groups is 1. The van der Waals surface area contributed by atoms with Crippen LogP contribution in [0.15, 0.2) is 48.5 Å². The van der Waals surface area contributed by atoms with Crippen molar-refractivity contribution in [3.05, 3.63) is 64.2 Å². The van der Waals surface area contributed by atoms with Gasteiger partial charge >= 0.3 is 0 Å². The Bertz CT molecular complexity index is 740. The fraction of sp³-hybridized carbons (Fsp3) is 0.235. The van der Waals surface area contributed by atoms with Crippen molar-refractivity contribution in [3.63, 3.8) is 0 Å². The van der Waals surface area contributed by atoms with E-state index in [0.717, 1.165) is 18.8 Å². The van der Waals surface area contributed by atoms with E-state index in [1.165, 1.54) is 18.2 Å². The van der Waals surface area contributed by atoms with E-state index in [1.54, 1.807) is 18.2 Å². The van der Waals surface area contributed by atoms with Crippen LogP contribution in [0.1, 0.15) is 10.4 Å². The normalized spacial score (nSPS) is 14.2. The number of benzene rings is 2. The van der Waals surface area contributed by atoms with E-state index < -0.39 is 4.92 Å². The average Bonchev–Trinajstić information content (AvgIpc) is 2.63. The monoisotopic (exact) mass is 327 g/mol. The molecule has 0 aromatic heterocycles. The summed E-state index contributed by atoms with van der Waals surface area (Å²) in [5.74, 6) is -0.302. The van der Waals surface area contributed by atoms with Gasteiger partial charge in [-0.25, -0.2) is 0 Å². The number of anilines is 2. The third-order valence-corrected chi connectivity index (χ3v) is 3.82. The summed E-state index contributed by atoms with van der Waals surface area (Å²) in [4.78, 5) is 24.8. The molecule has 2 aromatic rings. The summed E-state index contributed by atoms with van der Waals surface area (Å²) in [6.45, 7) is 3.07. The van der Waals surface area contributed by atoms with Gasteiger partial charge in [0.15, 0.2) is 0 Å². The number of carbonyl (C=O) groups excluding carboxylic acids is 1. The molecule has 7 heteroatoms. The highest BCUT2D eigenvalue weighted by atomic mass is 16.6. The number of amides is 1. The van der Waals surface area contributed by atoms with E-state index in [9.17, 15) is 14.9 Å². The molecule has 7 nitrogen and oxygen atoms in total. The predicted molar refractivity (Wildman–Crippen MR) is 90.5 cm³/mol. The van der Waals surface area contributed by atoms with E-state index >= 15 is 0 Å². The molecule has 3 rings (SSSR count). The molecule has 0 spiro atoms. The number of hydrogen-bond acceptors (Lipinski definition) is 5. The third kappa shape index (κ3) is 3.69. The number of carbonyl (C=O) groups is 1. The van der Waals surface area contributed by atoms with E-state index in [-0.39, 0.29) is 11.6 Å². The van der Waals surface area contributed by atoms with Crippen molar-refractivity contribution in [2.24, 2.45) is 0 Å². The molecule has 24 heavy (non-hydrogen) atoms. The first-order valence-electron chi connectivity index (χ1n) is 7.62. The second-order valence-corrected chi connectivity index (χ2v) is 5.41. The number of nitrogens with one attached hydrogen (secondary N) is 1. The lowest BCUT2D eigenvalue weighted by Gasteiger charge is -2.28. The van der Waals surface area contributed by atoms with E-state index in [2.05, 4.69) is 10.2 Å². The standard InChI is InChI=1S/C17H17N3O4/c21-17(18-14-2-1-3-16(12-14)20(22)23)13-4-6-15(7-5-13)19-8-10-24-11-9-19/h1-7,12H,8-11H2,(H,18,21). The molecule has 0 radical (unpaired) electrons.